The summed E-state index contributed by atoms with van der Waals surface area (Å²) < 4.78 is 5.02. The fraction of sp³-hybridized carbons (Fsp3) is 0.455. The van der Waals surface area contributed by atoms with Crippen LogP contribution < -0.4 is 11.1 Å². The number of nitrogens with two attached hydrogens (primary N) is 1. The van der Waals surface area contributed by atoms with Crippen molar-refractivity contribution in [1.82, 2.24) is 25.4 Å². The maximum absolute atomic E-state index is 11.7. The summed E-state index contributed by atoms with van der Waals surface area (Å²) in [5, 5.41) is 6.43. The number of imidazole rings is 1. The summed E-state index contributed by atoms with van der Waals surface area (Å²) in [4.78, 5) is 22.6. The normalized spacial score (nSPS) is 16.3. The van der Waals surface area contributed by atoms with Gasteiger partial charge in [-0.2, -0.15) is 4.98 Å². The monoisotopic (exact) mass is 262 g/mol. The predicted molar refractivity (Wildman–Crippen MR) is 64.0 cm³/mol. The highest BCUT2D eigenvalue weighted by Gasteiger charge is 2.26. The van der Waals surface area contributed by atoms with E-state index in [2.05, 4.69) is 25.4 Å². The van der Waals surface area contributed by atoms with Crippen molar-refractivity contribution >= 4 is 5.91 Å². The number of nitrogens with zero attached hydrogens (tertiary/aromatic N) is 3. The van der Waals surface area contributed by atoms with Crippen LogP contribution in [0.15, 0.2) is 17.0 Å². The number of hydrogen-bond donors (Lipinski definition) is 3. The Labute approximate surface area is 108 Å². The first-order valence-electron chi connectivity index (χ1n) is 6.09. The first-order chi connectivity index (χ1) is 9.22. The second kappa shape index (κ2) is 4.81. The Balaban J connectivity index is 1.64. The molecule has 4 N–H and O–H groups in total. The van der Waals surface area contributed by atoms with E-state index in [-0.39, 0.29) is 23.7 Å². The van der Waals surface area contributed by atoms with Gasteiger partial charge in [-0.3, -0.25) is 4.79 Å². The van der Waals surface area contributed by atoms with E-state index in [1.165, 1.54) is 0 Å². The highest BCUT2D eigenvalue weighted by Crippen LogP contribution is 2.19. The molecule has 8 heteroatoms. The van der Waals surface area contributed by atoms with Crippen LogP contribution in [0.2, 0.25) is 0 Å². The van der Waals surface area contributed by atoms with Gasteiger partial charge in [0, 0.05) is 24.4 Å². The quantitative estimate of drug-likeness (QED) is 0.693. The van der Waals surface area contributed by atoms with Gasteiger partial charge >= 0.3 is 0 Å². The van der Waals surface area contributed by atoms with Crippen molar-refractivity contribution in [2.75, 3.05) is 0 Å². The molecule has 1 amide bonds. The molecule has 2 aromatic heterocycles. The van der Waals surface area contributed by atoms with Gasteiger partial charge in [0.05, 0.1) is 12.4 Å². The number of H-pyrrole nitrogens is 1. The molecule has 0 saturated heterocycles. The second-order valence-electron chi connectivity index (χ2n) is 4.59. The van der Waals surface area contributed by atoms with E-state index in [4.69, 9.17) is 10.3 Å². The van der Waals surface area contributed by atoms with Crippen LogP contribution in [-0.2, 0) is 6.42 Å². The number of aromatic nitrogens is 4. The summed E-state index contributed by atoms with van der Waals surface area (Å²) >= 11 is 0. The molecule has 0 spiro atoms. The van der Waals surface area contributed by atoms with Crippen LogP contribution in [-0.4, -0.2) is 32.1 Å². The molecular formula is C11H14N6O2. The highest BCUT2D eigenvalue weighted by molar-refractivity contribution is 5.90. The summed E-state index contributed by atoms with van der Waals surface area (Å²) in [6, 6.07) is -0.205. The smallest absolute Gasteiger partial charge is 0.292 e. The number of amides is 1. The molecule has 2 heterocycles. The number of aromatic amines is 1. The molecule has 0 aromatic carbocycles. The van der Waals surface area contributed by atoms with E-state index in [1.54, 1.807) is 12.5 Å². The molecule has 19 heavy (non-hydrogen) atoms. The molecule has 100 valence electrons. The number of carbonyl (C=O) groups is 1. The number of carbonyl (C=O) groups excluding carboxylic acids is 1. The molecule has 1 saturated carbocycles. The molecule has 3 rings (SSSR count). The van der Waals surface area contributed by atoms with Crippen LogP contribution in [0, 0.1) is 0 Å². The Kier molecular flexibility index (Phi) is 3.00. The molecule has 1 atom stereocenters. The topological polar surface area (TPSA) is 123 Å². The van der Waals surface area contributed by atoms with Gasteiger partial charge in [0.2, 0.25) is 5.89 Å². The zero-order chi connectivity index (χ0) is 13.2. The average molecular weight is 262 g/mol. The van der Waals surface area contributed by atoms with E-state index in [0.717, 1.165) is 18.5 Å². The van der Waals surface area contributed by atoms with Gasteiger partial charge in [-0.15, -0.1) is 0 Å². The van der Waals surface area contributed by atoms with Crippen LogP contribution in [0.3, 0.4) is 0 Å². The first kappa shape index (κ1) is 11.8. The summed E-state index contributed by atoms with van der Waals surface area (Å²) in [6.45, 7) is 0. The van der Waals surface area contributed by atoms with Gasteiger partial charge < -0.3 is 20.6 Å². The molecule has 1 fully saturated rings. The highest BCUT2D eigenvalue weighted by atomic mass is 16.5. The zero-order valence-electron chi connectivity index (χ0n) is 10.2. The lowest BCUT2D eigenvalue weighted by atomic mass is 10.2. The average Bonchev–Trinajstić information content (AvgIpc) is 2.91. The van der Waals surface area contributed by atoms with Gasteiger partial charge in [-0.05, 0) is 12.8 Å². The number of rotatable bonds is 5. The minimum Gasteiger partial charge on any atom is -0.348 e. The largest absolute Gasteiger partial charge is 0.348 e. The van der Waals surface area contributed by atoms with E-state index in [0.29, 0.717) is 6.42 Å². The van der Waals surface area contributed by atoms with Crippen LogP contribution in [0.1, 0.15) is 41.1 Å². The standard InChI is InChI=1S/C11H14N6O2/c12-8(3-7-4-13-5-14-7)11-16-9(17-19-11)10(18)15-6-1-2-6/h4-6,8H,1-3,12H2,(H,13,14)(H,15,18). The van der Waals surface area contributed by atoms with E-state index < -0.39 is 6.04 Å². The fourth-order valence-corrected chi connectivity index (χ4v) is 1.68. The summed E-state index contributed by atoms with van der Waals surface area (Å²) in [5.41, 5.74) is 6.81. The summed E-state index contributed by atoms with van der Waals surface area (Å²) in [7, 11) is 0. The van der Waals surface area contributed by atoms with Crippen molar-refractivity contribution in [2.24, 2.45) is 5.73 Å². The molecule has 0 aliphatic heterocycles. The molecule has 1 aliphatic carbocycles. The number of nitrogens with one attached hydrogen (secondary N) is 2. The van der Waals surface area contributed by atoms with E-state index >= 15 is 0 Å². The molecule has 0 bridgehead atoms. The Morgan fingerprint density at radius 1 is 1.63 bits per heavy atom. The van der Waals surface area contributed by atoms with Crippen LogP contribution >= 0.6 is 0 Å². The lowest BCUT2D eigenvalue weighted by molar-refractivity contribution is 0.0937. The SMILES string of the molecule is NC(Cc1cnc[nH]1)c1nc(C(=O)NC2CC2)no1. The predicted octanol–water partition coefficient (Wildman–Crippen LogP) is -0.0726. The van der Waals surface area contributed by atoms with Crippen LogP contribution in [0.25, 0.3) is 0 Å². The minimum absolute atomic E-state index is 0.0296. The van der Waals surface area contributed by atoms with Crippen LogP contribution in [0.5, 0.6) is 0 Å². The third-order valence-electron chi connectivity index (χ3n) is 2.87. The maximum atomic E-state index is 11.7. The fourth-order valence-electron chi connectivity index (χ4n) is 1.68. The van der Waals surface area contributed by atoms with Crippen molar-refractivity contribution < 1.29 is 9.32 Å². The van der Waals surface area contributed by atoms with Crippen molar-refractivity contribution in [1.29, 1.82) is 0 Å². The van der Waals surface area contributed by atoms with Gasteiger partial charge in [-0.25, -0.2) is 4.98 Å². The lowest BCUT2D eigenvalue weighted by Gasteiger charge is -2.03. The van der Waals surface area contributed by atoms with Gasteiger partial charge in [0.1, 0.15) is 0 Å². The van der Waals surface area contributed by atoms with Gasteiger partial charge in [0.25, 0.3) is 11.7 Å². The zero-order valence-corrected chi connectivity index (χ0v) is 10.2. The van der Waals surface area contributed by atoms with E-state index in [1.807, 2.05) is 0 Å². The van der Waals surface area contributed by atoms with Crippen molar-refractivity contribution in [3.63, 3.8) is 0 Å². The van der Waals surface area contributed by atoms with Crippen molar-refractivity contribution in [3.8, 4) is 0 Å². The molecule has 0 radical (unpaired) electrons. The molecule has 1 unspecified atom stereocenters. The third-order valence-corrected chi connectivity index (χ3v) is 2.87. The van der Waals surface area contributed by atoms with Crippen LogP contribution in [0.4, 0.5) is 0 Å². The number of hydrogen-bond acceptors (Lipinski definition) is 6. The minimum atomic E-state index is -0.463. The Morgan fingerprint density at radius 3 is 3.16 bits per heavy atom. The maximum Gasteiger partial charge on any atom is 0.292 e. The Hall–Kier alpha value is -2.22. The molecule has 8 nitrogen and oxygen atoms in total. The van der Waals surface area contributed by atoms with Crippen molar-refractivity contribution in [2.45, 2.75) is 31.3 Å². The summed E-state index contributed by atoms with van der Waals surface area (Å²) in [5.74, 6) is -0.0382. The summed E-state index contributed by atoms with van der Waals surface area (Å²) in [6.07, 6.45) is 5.76. The van der Waals surface area contributed by atoms with Gasteiger partial charge in [-0.1, -0.05) is 5.16 Å². The Bertz CT molecular complexity index is 560. The van der Waals surface area contributed by atoms with Crippen molar-refractivity contribution in [3.05, 3.63) is 29.9 Å². The first-order valence-corrected chi connectivity index (χ1v) is 6.09. The van der Waals surface area contributed by atoms with E-state index in [9.17, 15) is 4.79 Å². The molecule has 2 aromatic rings. The Morgan fingerprint density at radius 2 is 2.47 bits per heavy atom. The molecule has 1 aliphatic rings. The van der Waals surface area contributed by atoms with Gasteiger partial charge in [0.15, 0.2) is 0 Å². The molecular weight excluding hydrogens is 248 g/mol. The second-order valence-corrected chi connectivity index (χ2v) is 4.59. The lowest BCUT2D eigenvalue weighted by Crippen LogP contribution is -2.26. The third kappa shape index (κ3) is 2.79.